The third-order valence-corrected chi connectivity index (χ3v) is 3.35. The SMILES string of the molecule is O=C(O)CN(C(=O)c1cc(Br)cc([N+](=O)[O-])c1)C1CC1. The van der Waals surface area contributed by atoms with Crippen molar-refractivity contribution in [1.29, 1.82) is 0 Å². The molecule has 0 spiro atoms. The van der Waals surface area contributed by atoms with E-state index < -0.39 is 23.3 Å². The van der Waals surface area contributed by atoms with Crippen molar-refractivity contribution in [2.45, 2.75) is 18.9 Å². The average molecular weight is 343 g/mol. The van der Waals surface area contributed by atoms with Gasteiger partial charge in [0, 0.05) is 28.2 Å². The van der Waals surface area contributed by atoms with Crippen molar-refractivity contribution in [2.75, 3.05) is 6.54 Å². The molecule has 1 fully saturated rings. The predicted molar refractivity (Wildman–Crippen MR) is 72.5 cm³/mol. The molecule has 0 heterocycles. The molecule has 1 N–H and O–H groups in total. The third kappa shape index (κ3) is 3.32. The van der Waals surface area contributed by atoms with Crippen molar-refractivity contribution >= 4 is 33.5 Å². The quantitative estimate of drug-likeness (QED) is 0.651. The highest BCUT2D eigenvalue weighted by molar-refractivity contribution is 9.10. The van der Waals surface area contributed by atoms with Gasteiger partial charge in [0.25, 0.3) is 11.6 Å². The number of hydrogen-bond acceptors (Lipinski definition) is 4. The Labute approximate surface area is 122 Å². The molecule has 0 saturated heterocycles. The van der Waals surface area contributed by atoms with Gasteiger partial charge >= 0.3 is 5.97 Å². The second-order valence-corrected chi connectivity index (χ2v) is 5.43. The largest absolute Gasteiger partial charge is 0.480 e. The van der Waals surface area contributed by atoms with Gasteiger partial charge in [-0.15, -0.1) is 0 Å². The van der Waals surface area contributed by atoms with Crippen molar-refractivity contribution in [3.05, 3.63) is 38.3 Å². The van der Waals surface area contributed by atoms with Gasteiger partial charge in [0.15, 0.2) is 0 Å². The molecule has 2 rings (SSSR count). The van der Waals surface area contributed by atoms with Crippen LogP contribution in [-0.4, -0.2) is 39.4 Å². The van der Waals surface area contributed by atoms with Crippen molar-refractivity contribution in [2.24, 2.45) is 0 Å². The maximum atomic E-state index is 12.3. The van der Waals surface area contributed by atoms with Crippen LogP contribution in [-0.2, 0) is 4.79 Å². The topological polar surface area (TPSA) is 101 Å². The van der Waals surface area contributed by atoms with Gasteiger partial charge in [-0.25, -0.2) is 0 Å². The van der Waals surface area contributed by atoms with Gasteiger partial charge in [-0.1, -0.05) is 15.9 Å². The molecule has 20 heavy (non-hydrogen) atoms. The van der Waals surface area contributed by atoms with Crippen LogP contribution < -0.4 is 0 Å². The van der Waals surface area contributed by atoms with E-state index in [1.165, 1.54) is 17.0 Å². The minimum absolute atomic E-state index is 0.0864. The first-order valence-corrected chi connectivity index (χ1v) is 6.65. The number of amides is 1. The fraction of sp³-hybridized carbons (Fsp3) is 0.333. The van der Waals surface area contributed by atoms with E-state index in [2.05, 4.69) is 15.9 Å². The van der Waals surface area contributed by atoms with E-state index in [1.54, 1.807) is 0 Å². The number of rotatable bonds is 5. The van der Waals surface area contributed by atoms with Crippen molar-refractivity contribution < 1.29 is 19.6 Å². The Bertz CT molecular complexity index is 585. The fourth-order valence-corrected chi connectivity index (χ4v) is 2.35. The number of carboxylic acids is 1. The Morgan fingerprint density at radius 1 is 1.40 bits per heavy atom. The van der Waals surface area contributed by atoms with Crippen LogP contribution in [0.25, 0.3) is 0 Å². The van der Waals surface area contributed by atoms with Gasteiger partial charge in [0.2, 0.25) is 0 Å². The number of carbonyl (C=O) groups excluding carboxylic acids is 1. The van der Waals surface area contributed by atoms with Crippen LogP contribution in [0.15, 0.2) is 22.7 Å². The smallest absolute Gasteiger partial charge is 0.323 e. The summed E-state index contributed by atoms with van der Waals surface area (Å²) >= 11 is 3.11. The van der Waals surface area contributed by atoms with Crippen LogP contribution >= 0.6 is 15.9 Å². The first-order chi connectivity index (χ1) is 9.38. The lowest BCUT2D eigenvalue weighted by atomic mass is 10.1. The van der Waals surface area contributed by atoms with Crippen LogP contribution in [0.4, 0.5) is 5.69 Å². The van der Waals surface area contributed by atoms with Crippen LogP contribution in [0.1, 0.15) is 23.2 Å². The van der Waals surface area contributed by atoms with E-state index in [1.807, 2.05) is 0 Å². The summed E-state index contributed by atoms with van der Waals surface area (Å²) in [5, 5.41) is 19.6. The molecule has 8 heteroatoms. The number of benzene rings is 1. The van der Waals surface area contributed by atoms with Crippen molar-refractivity contribution in [3.63, 3.8) is 0 Å². The zero-order valence-corrected chi connectivity index (χ0v) is 11.9. The van der Waals surface area contributed by atoms with E-state index in [0.717, 1.165) is 18.9 Å². The molecule has 0 unspecified atom stereocenters. The van der Waals surface area contributed by atoms with Crippen LogP contribution in [0, 0.1) is 10.1 Å². The summed E-state index contributed by atoms with van der Waals surface area (Å²) in [6.07, 6.45) is 1.52. The highest BCUT2D eigenvalue weighted by atomic mass is 79.9. The van der Waals surface area contributed by atoms with E-state index in [-0.39, 0.29) is 17.3 Å². The highest BCUT2D eigenvalue weighted by Crippen LogP contribution is 2.29. The highest BCUT2D eigenvalue weighted by Gasteiger charge is 2.34. The molecule has 1 aliphatic carbocycles. The number of halogens is 1. The van der Waals surface area contributed by atoms with Gasteiger partial charge in [0.1, 0.15) is 6.54 Å². The summed E-state index contributed by atoms with van der Waals surface area (Å²) in [5.74, 6) is -1.60. The summed E-state index contributed by atoms with van der Waals surface area (Å²) in [6, 6.07) is 3.81. The molecule has 0 aromatic heterocycles. The molecule has 106 valence electrons. The van der Waals surface area contributed by atoms with Gasteiger partial charge < -0.3 is 10.0 Å². The molecule has 1 aromatic carbocycles. The second kappa shape index (κ2) is 5.58. The molecule has 0 bridgehead atoms. The fourth-order valence-electron chi connectivity index (χ4n) is 1.87. The Kier molecular flexibility index (Phi) is 4.03. The summed E-state index contributed by atoms with van der Waals surface area (Å²) in [6.45, 7) is -0.399. The first-order valence-electron chi connectivity index (χ1n) is 5.86. The van der Waals surface area contributed by atoms with Gasteiger partial charge in [0.05, 0.1) is 4.92 Å². The zero-order chi connectivity index (χ0) is 14.9. The Hall–Kier alpha value is -1.96. The minimum Gasteiger partial charge on any atom is -0.480 e. The molecule has 0 aliphatic heterocycles. The Morgan fingerprint density at radius 3 is 2.55 bits per heavy atom. The zero-order valence-electron chi connectivity index (χ0n) is 10.3. The Morgan fingerprint density at radius 2 is 2.05 bits per heavy atom. The maximum Gasteiger partial charge on any atom is 0.323 e. The molecule has 1 saturated carbocycles. The van der Waals surface area contributed by atoms with E-state index in [9.17, 15) is 19.7 Å². The van der Waals surface area contributed by atoms with Crippen LogP contribution in [0.5, 0.6) is 0 Å². The minimum atomic E-state index is -1.10. The lowest BCUT2D eigenvalue weighted by molar-refractivity contribution is -0.385. The second-order valence-electron chi connectivity index (χ2n) is 4.51. The molecular formula is C12H11BrN2O5. The third-order valence-electron chi connectivity index (χ3n) is 2.89. The molecule has 0 radical (unpaired) electrons. The number of carbonyl (C=O) groups is 2. The van der Waals surface area contributed by atoms with Gasteiger partial charge in [-0.2, -0.15) is 0 Å². The van der Waals surface area contributed by atoms with Crippen LogP contribution in [0.2, 0.25) is 0 Å². The molecule has 0 atom stereocenters. The molecular weight excluding hydrogens is 332 g/mol. The number of hydrogen-bond donors (Lipinski definition) is 1. The number of non-ortho nitro benzene ring substituents is 1. The maximum absolute atomic E-state index is 12.3. The van der Waals surface area contributed by atoms with Gasteiger partial charge in [-0.3, -0.25) is 19.7 Å². The predicted octanol–water partition coefficient (Wildman–Crippen LogP) is 2.05. The molecule has 1 amide bonds. The van der Waals surface area contributed by atoms with Crippen LogP contribution in [0.3, 0.4) is 0 Å². The number of nitro benzene ring substituents is 1. The average Bonchev–Trinajstić information content (AvgIpc) is 3.18. The number of nitrogens with zero attached hydrogens (tertiary/aromatic N) is 2. The normalized spacial score (nSPS) is 13.8. The Balaban J connectivity index is 2.31. The molecule has 1 aliphatic rings. The van der Waals surface area contributed by atoms with E-state index in [0.29, 0.717) is 4.47 Å². The lowest BCUT2D eigenvalue weighted by Crippen LogP contribution is -2.37. The van der Waals surface area contributed by atoms with Crippen molar-refractivity contribution in [3.8, 4) is 0 Å². The summed E-state index contributed by atoms with van der Waals surface area (Å²) < 4.78 is 0.404. The monoisotopic (exact) mass is 342 g/mol. The van der Waals surface area contributed by atoms with E-state index >= 15 is 0 Å². The number of nitro groups is 1. The summed E-state index contributed by atoms with van der Waals surface area (Å²) in [4.78, 5) is 34.6. The lowest BCUT2D eigenvalue weighted by Gasteiger charge is -2.20. The number of aliphatic carboxylic acids is 1. The summed E-state index contributed by atoms with van der Waals surface area (Å²) in [5.41, 5.74) is -0.104. The molecule has 7 nitrogen and oxygen atoms in total. The van der Waals surface area contributed by atoms with E-state index in [4.69, 9.17) is 5.11 Å². The summed E-state index contributed by atoms with van der Waals surface area (Å²) in [7, 11) is 0. The molecule has 1 aromatic rings. The van der Waals surface area contributed by atoms with Crippen molar-refractivity contribution in [1.82, 2.24) is 4.90 Å². The standard InChI is InChI=1S/C12H11BrN2O5/c13-8-3-7(4-10(5-8)15(19)20)12(18)14(6-11(16)17)9-1-2-9/h3-5,9H,1-2,6H2,(H,16,17). The first kappa shape index (κ1) is 14.4. The van der Waals surface area contributed by atoms with Gasteiger partial charge in [-0.05, 0) is 18.9 Å². The number of carboxylic acid groups (broad SMARTS) is 1.